The molecule has 0 spiro atoms. The fraction of sp³-hybridized carbons (Fsp3) is 0.529. The van der Waals surface area contributed by atoms with Gasteiger partial charge in [-0.1, -0.05) is 12.1 Å². The Morgan fingerprint density at radius 2 is 1.73 bits per heavy atom. The number of carbonyl (C=O) groups is 1. The molecule has 9 heteroatoms. The molecule has 0 aliphatic heterocycles. The van der Waals surface area contributed by atoms with Crippen molar-refractivity contribution >= 4 is 35.8 Å². The number of amides is 1. The fourth-order valence-corrected chi connectivity index (χ4v) is 2.17. The van der Waals surface area contributed by atoms with Gasteiger partial charge < -0.3 is 16.0 Å². The number of nitrogens with zero attached hydrogens (tertiary/aromatic N) is 1. The van der Waals surface area contributed by atoms with Crippen LogP contribution in [0.1, 0.15) is 30.9 Å². The van der Waals surface area contributed by atoms with E-state index in [2.05, 4.69) is 20.9 Å². The molecule has 0 radical (unpaired) electrons. The van der Waals surface area contributed by atoms with Crippen LogP contribution in [0, 0.1) is 5.92 Å². The standard InChI is InChI=1S/C17H23F3N4O.HI/c1-2-21-16(23-10-9-22-15(25)13-5-6-13)24-11-12-3-7-14(8-4-12)17(18,19)20;/h3-4,7-8,13H,2,5-6,9-11H2,1H3,(H,22,25)(H2,21,23,24);1H. The molecule has 26 heavy (non-hydrogen) atoms. The molecule has 0 unspecified atom stereocenters. The van der Waals surface area contributed by atoms with Gasteiger partial charge in [0.05, 0.1) is 12.1 Å². The summed E-state index contributed by atoms with van der Waals surface area (Å²) in [6, 6.07) is 4.95. The van der Waals surface area contributed by atoms with Crippen molar-refractivity contribution in [3.63, 3.8) is 0 Å². The molecule has 0 saturated heterocycles. The highest BCUT2D eigenvalue weighted by atomic mass is 127. The Hall–Kier alpha value is -1.52. The molecule has 0 atom stereocenters. The van der Waals surface area contributed by atoms with Gasteiger partial charge in [-0.2, -0.15) is 13.2 Å². The molecule has 2 rings (SSSR count). The zero-order valence-electron chi connectivity index (χ0n) is 14.5. The predicted octanol–water partition coefficient (Wildman–Crippen LogP) is 2.90. The summed E-state index contributed by atoms with van der Waals surface area (Å²) in [7, 11) is 0. The van der Waals surface area contributed by atoms with Crippen molar-refractivity contribution in [1.82, 2.24) is 16.0 Å². The van der Waals surface area contributed by atoms with Crippen LogP contribution in [-0.2, 0) is 17.5 Å². The third-order valence-electron chi connectivity index (χ3n) is 3.71. The predicted molar refractivity (Wildman–Crippen MR) is 105 cm³/mol. The second-order valence-corrected chi connectivity index (χ2v) is 5.88. The number of carbonyl (C=O) groups excluding carboxylic acids is 1. The number of halogens is 4. The van der Waals surface area contributed by atoms with Crippen LogP contribution in [-0.4, -0.2) is 31.5 Å². The van der Waals surface area contributed by atoms with E-state index >= 15 is 0 Å². The summed E-state index contributed by atoms with van der Waals surface area (Å²) in [4.78, 5) is 15.9. The van der Waals surface area contributed by atoms with Gasteiger partial charge in [0.25, 0.3) is 0 Å². The van der Waals surface area contributed by atoms with Crippen LogP contribution in [0.3, 0.4) is 0 Å². The molecule has 1 aromatic carbocycles. The molecule has 1 aromatic rings. The summed E-state index contributed by atoms with van der Waals surface area (Å²) in [5, 5.41) is 8.99. The highest BCUT2D eigenvalue weighted by Crippen LogP contribution is 2.29. The Kier molecular flexibility index (Phi) is 9.17. The number of hydrogen-bond donors (Lipinski definition) is 3. The second-order valence-electron chi connectivity index (χ2n) is 5.88. The maximum Gasteiger partial charge on any atom is 0.416 e. The Bertz CT molecular complexity index is 601. The lowest BCUT2D eigenvalue weighted by Crippen LogP contribution is -2.41. The Morgan fingerprint density at radius 1 is 1.12 bits per heavy atom. The number of alkyl halides is 3. The zero-order valence-corrected chi connectivity index (χ0v) is 16.9. The molecule has 3 N–H and O–H groups in total. The van der Waals surface area contributed by atoms with Crippen LogP contribution in [0.2, 0.25) is 0 Å². The molecule has 0 bridgehead atoms. The summed E-state index contributed by atoms with van der Waals surface area (Å²) in [5.41, 5.74) is 0.0175. The minimum atomic E-state index is -4.33. The Labute approximate surface area is 168 Å². The van der Waals surface area contributed by atoms with Crippen LogP contribution in [0.5, 0.6) is 0 Å². The van der Waals surface area contributed by atoms with Gasteiger partial charge in [0.2, 0.25) is 5.91 Å². The van der Waals surface area contributed by atoms with E-state index in [9.17, 15) is 18.0 Å². The number of rotatable bonds is 7. The molecule has 1 aliphatic carbocycles. The summed E-state index contributed by atoms with van der Waals surface area (Å²) in [5.74, 6) is 0.832. The SMILES string of the molecule is CCNC(=NCc1ccc(C(F)(F)F)cc1)NCCNC(=O)C1CC1.I. The smallest absolute Gasteiger partial charge is 0.357 e. The largest absolute Gasteiger partial charge is 0.416 e. The fourth-order valence-electron chi connectivity index (χ4n) is 2.17. The van der Waals surface area contributed by atoms with E-state index in [0.29, 0.717) is 31.2 Å². The molecule has 0 aromatic heterocycles. The van der Waals surface area contributed by atoms with Crippen LogP contribution in [0.4, 0.5) is 13.2 Å². The quantitative estimate of drug-likeness (QED) is 0.242. The first kappa shape index (κ1) is 22.5. The maximum atomic E-state index is 12.5. The summed E-state index contributed by atoms with van der Waals surface area (Å²) < 4.78 is 37.6. The van der Waals surface area contributed by atoms with Gasteiger partial charge >= 0.3 is 6.18 Å². The van der Waals surface area contributed by atoms with E-state index in [1.54, 1.807) is 0 Å². The Balaban J connectivity index is 0.00000338. The van der Waals surface area contributed by atoms with E-state index in [1.807, 2.05) is 6.92 Å². The average Bonchev–Trinajstić information content (AvgIpc) is 3.40. The van der Waals surface area contributed by atoms with E-state index in [0.717, 1.165) is 25.0 Å². The Morgan fingerprint density at radius 3 is 2.27 bits per heavy atom. The van der Waals surface area contributed by atoms with Crippen molar-refractivity contribution in [2.75, 3.05) is 19.6 Å². The molecule has 5 nitrogen and oxygen atoms in total. The molecule has 146 valence electrons. The highest BCUT2D eigenvalue weighted by Gasteiger charge is 2.30. The molecule has 1 amide bonds. The van der Waals surface area contributed by atoms with Gasteiger partial charge in [0.15, 0.2) is 5.96 Å². The van der Waals surface area contributed by atoms with Crippen molar-refractivity contribution < 1.29 is 18.0 Å². The topological polar surface area (TPSA) is 65.5 Å². The average molecular weight is 484 g/mol. The van der Waals surface area contributed by atoms with Gasteiger partial charge in [0, 0.05) is 25.6 Å². The second kappa shape index (κ2) is 10.6. The molecular weight excluding hydrogens is 460 g/mol. The molecular formula is C17H24F3IN4O. The lowest BCUT2D eigenvalue weighted by Gasteiger charge is -2.12. The maximum absolute atomic E-state index is 12.5. The van der Waals surface area contributed by atoms with E-state index in [-0.39, 0.29) is 42.3 Å². The van der Waals surface area contributed by atoms with Gasteiger partial charge in [-0.3, -0.25) is 4.79 Å². The number of hydrogen-bond acceptors (Lipinski definition) is 2. The van der Waals surface area contributed by atoms with Crippen molar-refractivity contribution in [2.45, 2.75) is 32.5 Å². The molecule has 0 heterocycles. The number of guanidine groups is 1. The first-order chi connectivity index (χ1) is 11.9. The third-order valence-corrected chi connectivity index (χ3v) is 3.71. The first-order valence-corrected chi connectivity index (χ1v) is 8.36. The van der Waals surface area contributed by atoms with Crippen LogP contribution < -0.4 is 16.0 Å². The monoisotopic (exact) mass is 484 g/mol. The van der Waals surface area contributed by atoms with E-state index < -0.39 is 11.7 Å². The zero-order chi connectivity index (χ0) is 18.3. The highest BCUT2D eigenvalue weighted by molar-refractivity contribution is 14.0. The van der Waals surface area contributed by atoms with Gasteiger partial charge in [0.1, 0.15) is 0 Å². The normalized spacial score (nSPS) is 14.4. The van der Waals surface area contributed by atoms with Gasteiger partial charge in [-0.15, -0.1) is 24.0 Å². The molecule has 1 fully saturated rings. The lowest BCUT2D eigenvalue weighted by molar-refractivity contribution is -0.137. The first-order valence-electron chi connectivity index (χ1n) is 8.36. The summed E-state index contributed by atoms with van der Waals surface area (Å²) in [6.07, 6.45) is -2.39. The van der Waals surface area contributed by atoms with E-state index in [4.69, 9.17) is 0 Å². The minimum absolute atomic E-state index is 0. The van der Waals surface area contributed by atoms with Crippen molar-refractivity contribution in [3.05, 3.63) is 35.4 Å². The lowest BCUT2D eigenvalue weighted by atomic mass is 10.1. The van der Waals surface area contributed by atoms with E-state index in [1.165, 1.54) is 12.1 Å². The van der Waals surface area contributed by atoms with Crippen LogP contribution in [0.15, 0.2) is 29.3 Å². The number of nitrogens with one attached hydrogen (secondary N) is 3. The number of benzene rings is 1. The molecule has 1 saturated carbocycles. The van der Waals surface area contributed by atoms with Gasteiger partial charge in [-0.05, 0) is 37.5 Å². The van der Waals surface area contributed by atoms with Crippen molar-refractivity contribution in [3.8, 4) is 0 Å². The van der Waals surface area contributed by atoms with Gasteiger partial charge in [-0.25, -0.2) is 4.99 Å². The summed E-state index contributed by atoms with van der Waals surface area (Å²) >= 11 is 0. The minimum Gasteiger partial charge on any atom is -0.357 e. The van der Waals surface area contributed by atoms with Crippen LogP contribution >= 0.6 is 24.0 Å². The van der Waals surface area contributed by atoms with Crippen LogP contribution in [0.25, 0.3) is 0 Å². The summed E-state index contributed by atoms with van der Waals surface area (Å²) in [6.45, 7) is 3.87. The molecule has 1 aliphatic rings. The number of aliphatic imine (C=N–C) groups is 1. The van der Waals surface area contributed by atoms with Crippen molar-refractivity contribution in [1.29, 1.82) is 0 Å². The van der Waals surface area contributed by atoms with Crippen molar-refractivity contribution in [2.24, 2.45) is 10.9 Å². The third kappa shape index (κ3) is 7.79.